The van der Waals surface area contributed by atoms with Gasteiger partial charge in [-0.1, -0.05) is 6.07 Å². The van der Waals surface area contributed by atoms with Crippen molar-refractivity contribution in [2.75, 3.05) is 5.43 Å². The van der Waals surface area contributed by atoms with Crippen LogP contribution in [0.3, 0.4) is 0 Å². The van der Waals surface area contributed by atoms with E-state index in [-0.39, 0.29) is 11.4 Å². The van der Waals surface area contributed by atoms with Gasteiger partial charge >= 0.3 is 6.09 Å². The SMILES string of the molecule is Cc1ccc([N+](=O)[O-])c(NNC([O])=O)c1. The van der Waals surface area contributed by atoms with Crippen LogP contribution in [0.15, 0.2) is 18.2 Å². The van der Waals surface area contributed by atoms with Crippen molar-refractivity contribution in [3.8, 4) is 0 Å². The second-order valence-corrected chi connectivity index (χ2v) is 2.82. The topological polar surface area (TPSA) is 104 Å². The molecule has 0 aliphatic carbocycles. The van der Waals surface area contributed by atoms with Crippen LogP contribution in [-0.4, -0.2) is 11.0 Å². The number of nitro benzene ring substituents is 1. The molecule has 0 spiro atoms. The molecule has 0 aliphatic rings. The Bertz CT molecular complexity index is 405. The van der Waals surface area contributed by atoms with Crippen molar-refractivity contribution in [3.05, 3.63) is 33.9 Å². The summed E-state index contributed by atoms with van der Waals surface area (Å²) in [6, 6.07) is 4.30. The number of hydrogen-bond donors (Lipinski definition) is 2. The van der Waals surface area contributed by atoms with Gasteiger partial charge in [-0.3, -0.25) is 15.5 Å². The average molecular weight is 210 g/mol. The Hall–Kier alpha value is -2.31. The maximum Gasteiger partial charge on any atom is 0.468 e. The van der Waals surface area contributed by atoms with E-state index in [1.165, 1.54) is 12.1 Å². The van der Waals surface area contributed by atoms with Crippen molar-refractivity contribution in [2.24, 2.45) is 0 Å². The number of aryl methyl sites for hydroxylation is 1. The number of amides is 1. The number of hydrogen-bond acceptors (Lipinski definition) is 4. The summed E-state index contributed by atoms with van der Waals surface area (Å²) in [5.41, 5.74) is 4.54. The maximum atomic E-state index is 10.6. The van der Waals surface area contributed by atoms with E-state index in [0.29, 0.717) is 0 Å². The molecular formula is C8H8N3O4. The van der Waals surface area contributed by atoms with E-state index in [4.69, 9.17) is 0 Å². The van der Waals surface area contributed by atoms with Crippen LogP contribution >= 0.6 is 0 Å². The molecule has 2 N–H and O–H groups in total. The number of carbonyl (C=O) groups excluding carboxylic acids is 1. The molecule has 0 aliphatic heterocycles. The molecule has 7 heteroatoms. The van der Waals surface area contributed by atoms with Crippen molar-refractivity contribution in [3.63, 3.8) is 0 Å². The molecule has 0 heterocycles. The van der Waals surface area contributed by atoms with Crippen LogP contribution in [0.4, 0.5) is 16.2 Å². The molecule has 0 bridgehead atoms. The molecule has 7 nitrogen and oxygen atoms in total. The van der Waals surface area contributed by atoms with Crippen molar-refractivity contribution < 1.29 is 14.8 Å². The second-order valence-electron chi connectivity index (χ2n) is 2.82. The molecule has 15 heavy (non-hydrogen) atoms. The summed E-state index contributed by atoms with van der Waals surface area (Å²) >= 11 is 0. The van der Waals surface area contributed by atoms with E-state index in [0.717, 1.165) is 5.56 Å². The number of nitrogens with one attached hydrogen (secondary N) is 2. The lowest BCUT2D eigenvalue weighted by atomic mass is 10.2. The monoisotopic (exact) mass is 210 g/mol. The number of hydrazine groups is 1. The first-order chi connectivity index (χ1) is 7.00. The summed E-state index contributed by atoms with van der Waals surface area (Å²) < 4.78 is 0. The standard InChI is InChI=1S/C8H8N3O4/c1-5-2-3-7(11(14)15)6(4-5)9-10-8(12)13/h2-4,9-10H,1H3. The molecule has 0 fully saturated rings. The van der Waals surface area contributed by atoms with Crippen molar-refractivity contribution >= 4 is 17.5 Å². The molecule has 0 unspecified atom stereocenters. The highest BCUT2D eigenvalue weighted by atomic mass is 16.6. The highest BCUT2D eigenvalue weighted by molar-refractivity contribution is 5.69. The molecule has 1 rings (SSSR count). The van der Waals surface area contributed by atoms with E-state index >= 15 is 0 Å². The van der Waals surface area contributed by atoms with Crippen LogP contribution in [0, 0.1) is 17.0 Å². The van der Waals surface area contributed by atoms with Crippen LogP contribution in [0.2, 0.25) is 0 Å². The Kier molecular flexibility index (Phi) is 3.06. The number of nitro groups is 1. The molecular weight excluding hydrogens is 202 g/mol. The number of carbonyl (C=O) groups is 1. The zero-order valence-electron chi connectivity index (χ0n) is 7.81. The lowest BCUT2D eigenvalue weighted by Crippen LogP contribution is -2.26. The third kappa shape index (κ3) is 2.83. The zero-order valence-corrected chi connectivity index (χ0v) is 7.81. The molecule has 0 aromatic heterocycles. The van der Waals surface area contributed by atoms with Gasteiger partial charge in [-0.15, -0.1) is 0 Å². The number of anilines is 1. The summed E-state index contributed by atoms with van der Waals surface area (Å²) in [4.78, 5) is 20.0. The van der Waals surface area contributed by atoms with Gasteiger partial charge in [0.05, 0.1) is 4.92 Å². The van der Waals surface area contributed by atoms with Crippen molar-refractivity contribution in [1.82, 2.24) is 5.43 Å². The minimum Gasteiger partial charge on any atom is -0.289 e. The number of benzene rings is 1. The van der Waals surface area contributed by atoms with Gasteiger partial charge in [0, 0.05) is 6.07 Å². The largest absolute Gasteiger partial charge is 0.468 e. The first kappa shape index (κ1) is 10.8. The number of nitrogens with zero attached hydrogens (tertiary/aromatic N) is 1. The van der Waals surface area contributed by atoms with Gasteiger partial charge in [0.25, 0.3) is 5.69 Å². The summed E-state index contributed by atoms with van der Waals surface area (Å²) in [6.07, 6.45) is -1.56. The van der Waals surface area contributed by atoms with Gasteiger partial charge in [-0.05, 0) is 18.6 Å². The van der Waals surface area contributed by atoms with E-state index < -0.39 is 11.0 Å². The summed E-state index contributed by atoms with van der Waals surface area (Å²) in [5.74, 6) is 0. The Labute approximate surface area is 84.8 Å². The quantitative estimate of drug-likeness (QED) is 0.580. The fourth-order valence-corrected chi connectivity index (χ4v) is 1.03. The van der Waals surface area contributed by atoms with Crippen molar-refractivity contribution in [1.29, 1.82) is 0 Å². The Morgan fingerprint density at radius 3 is 2.67 bits per heavy atom. The smallest absolute Gasteiger partial charge is 0.289 e. The van der Waals surface area contributed by atoms with E-state index in [2.05, 4.69) is 5.43 Å². The molecule has 0 saturated heterocycles. The normalized spacial score (nSPS) is 9.40. The maximum absolute atomic E-state index is 10.6. The number of rotatable bonds is 3. The molecule has 0 atom stereocenters. The van der Waals surface area contributed by atoms with Crippen LogP contribution < -0.4 is 10.9 Å². The third-order valence-corrected chi connectivity index (χ3v) is 1.65. The second kappa shape index (κ2) is 4.27. The van der Waals surface area contributed by atoms with Gasteiger partial charge in [0.1, 0.15) is 5.69 Å². The summed E-state index contributed by atoms with van der Waals surface area (Å²) in [7, 11) is 0. The molecule has 1 radical (unpaired) electrons. The van der Waals surface area contributed by atoms with Crippen LogP contribution in [0.5, 0.6) is 0 Å². The summed E-state index contributed by atoms with van der Waals surface area (Å²) in [5, 5.41) is 20.6. The third-order valence-electron chi connectivity index (χ3n) is 1.65. The molecule has 1 aromatic rings. The molecule has 1 aromatic carbocycles. The van der Waals surface area contributed by atoms with Gasteiger partial charge in [-0.2, -0.15) is 0 Å². The molecule has 79 valence electrons. The highest BCUT2D eigenvalue weighted by Gasteiger charge is 2.13. The average Bonchev–Trinajstić information content (AvgIpc) is 2.14. The minimum atomic E-state index is -1.56. The van der Waals surface area contributed by atoms with E-state index in [9.17, 15) is 20.0 Å². The van der Waals surface area contributed by atoms with Crippen LogP contribution in [0.1, 0.15) is 5.56 Å². The van der Waals surface area contributed by atoms with E-state index in [1.54, 1.807) is 18.4 Å². The Morgan fingerprint density at radius 2 is 2.13 bits per heavy atom. The first-order valence-corrected chi connectivity index (χ1v) is 3.99. The predicted octanol–water partition coefficient (Wildman–Crippen LogP) is 1.37. The van der Waals surface area contributed by atoms with Crippen LogP contribution in [0.25, 0.3) is 0 Å². The predicted molar refractivity (Wildman–Crippen MR) is 50.7 cm³/mol. The van der Waals surface area contributed by atoms with Gasteiger partial charge in [-0.25, -0.2) is 15.3 Å². The fraction of sp³-hybridized carbons (Fsp3) is 0.125. The van der Waals surface area contributed by atoms with Gasteiger partial charge in [0.15, 0.2) is 0 Å². The Balaban J connectivity index is 2.96. The lowest BCUT2D eigenvalue weighted by Gasteiger charge is -2.05. The molecule has 0 saturated carbocycles. The highest BCUT2D eigenvalue weighted by Crippen LogP contribution is 2.24. The van der Waals surface area contributed by atoms with E-state index in [1.807, 2.05) is 0 Å². The lowest BCUT2D eigenvalue weighted by molar-refractivity contribution is -0.384. The van der Waals surface area contributed by atoms with Crippen LogP contribution in [-0.2, 0) is 5.11 Å². The summed E-state index contributed by atoms with van der Waals surface area (Å²) in [6.45, 7) is 1.73. The first-order valence-electron chi connectivity index (χ1n) is 3.99. The fourth-order valence-electron chi connectivity index (χ4n) is 1.03. The van der Waals surface area contributed by atoms with Crippen molar-refractivity contribution in [2.45, 2.75) is 6.92 Å². The Morgan fingerprint density at radius 1 is 1.47 bits per heavy atom. The van der Waals surface area contributed by atoms with Gasteiger partial charge in [0.2, 0.25) is 0 Å². The minimum absolute atomic E-state index is 0.0733. The molecule has 1 amide bonds. The zero-order chi connectivity index (χ0) is 11.4. The van der Waals surface area contributed by atoms with Gasteiger partial charge < -0.3 is 0 Å².